The van der Waals surface area contributed by atoms with Gasteiger partial charge >= 0.3 is 0 Å². The van der Waals surface area contributed by atoms with Crippen molar-refractivity contribution in [1.82, 2.24) is 14.1 Å². The maximum atomic E-state index is 5.53. The molecule has 0 saturated carbocycles. The molecule has 0 aliphatic rings. The average molecular weight is 190 g/mol. The smallest absolute Gasteiger partial charge is 0.0880 e. The molecule has 1 aromatic heterocycles. The Morgan fingerprint density at radius 1 is 1.82 bits per heavy atom. The molecule has 0 aliphatic heterocycles. The minimum atomic E-state index is 0.605. The number of aromatic nitrogens is 2. The molecule has 60 valence electrons. The first-order valence-electron chi connectivity index (χ1n) is 3.09. The molecule has 5 heteroatoms. The van der Waals surface area contributed by atoms with Crippen molar-refractivity contribution in [3.05, 3.63) is 23.5 Å². The fourth-order valence-corrected chi connectivity index (χ4v) is 1.12. The number of nitrogens with zero attached hydrogens (tertiary/aromatic N) is 2. The van der Waals surface area contributed by atoms with E-state index in [0.29, 0.717) is 18.1 Å². The number of nitrogens with one attached hydrogen (secondary N) is 1. The third kappa shape index (κ3) is 3.46. The summed E-state index contributed by atoms with van der Waals surface area (Å²) in [4.78, 5) is 0. The van der Waals surface area contributed by atoms with E-state index in [4.69, 9.17) is 11.6 Å². The second kappa shape index (κ2) is 4.43. The first-order valence-corrected chi connectivity index (χ1v) is 4.20. The van der Waals surface area contributed by atoms with E-state index in [1.54, 1.807) is 6.20 Å². The van der Waals surface area contributed by atoms with Crippen LogP contribution in [0.1, 0.15) is 5.69 Å². The summed E-state index contributed by atoms with van der Waals surface area (Å²) in [6.07, 6.45) is 1.73. The fourth-order valence-electron chi connectivity index (χ4n) is 0.588. The van der Waals surface area contributed by atoms with Crippen LogP contribution in [0.5, 0.6) is 0 Å². The summed E-state index contributed by atoms with van der Waals surface area (Å²) >= 11 is 6.73. The summed E-state index contributed by atoms with van der Waals surface area (Å²) in [6.45, 7) is 4.85. The molecule has 0 radical (unpaired) electrons. The molecule has 1 rings (SSSR count). The molecule has 0 aromatic carbocycles. The van der Waals surface area contributed by atoms with Crippen molar-refractivity contribution in [3.8, 4) is 0 Å². The van der Waals surface area contributed by atoms with Crippen LogP contribution in [0.25, 0.3) is 0 Å². The maximum Gasteiger partial charge on any atom is 0.0880 e. The quantitative estimate of drug-likeness (QED) is 0.778. The first-order chi connectivity index (χ1) is 5.29. The van der Waals surface area contributed by atoms with Gasteiger partial charge in [-0.15, -0.1) is 0 Å². The van der Waals surface area contributed by atoms with Crippen LogP contribution in [0.15, 0.2) is 17.8 Å². The summed E-state index contributed by atoms with van der Waals surface area (Å²) in [5, 5.41) is 3.66. The lowest BCUT2D eigenvalue weighted by atomic mass is 10.4. The molecule has 0 amide bonds. The van der Waals surface area contributed by atoms with Crippen molar-refractivity contribution >= 4 is 23.3 Å². The molecule has 0 atom stereocenters. The van der Waals surface area contributed by atoms with Crippen LogP contribution < -0.4 is 5.32 Å². The minimum Gasteiger partial charge on any atom is -0.306 e. The van der Waals surface area contributed by atoms with Gasteiger partial charge in [0.05, 0.1) is 23.6 Å². The highest BCUT2D eigenvalue weighted by atomic mass is 35.5. The molecular formula is C6H8ClN3S. The van der Waals surface area contributed by atoms with E-state index in [2.05, 4.69) is 20.6 Å². The molecule has 3 nitrogen and oxygen atoms in total. The van der Waals surface area contributed by atoms with Gasteiger partial charge in [-0.1, -0.05) is 18.2 Å². The van der Waals surface area contributed by atoms with Gasteiger partial charge in [0.15, 0.2) is 0 Å². The van der Waals surface area contributed by atoms with Gasteiger partial charge in [-0.25, -0.2) is 0 Å². The maximum absolute atomic E-state index is 5.53. The van der Waals surface area contributed by atoms with E-state index >= 15 is 0 Å². The Labute approximate surface area is 74.4 Å². The van der Waals surface area contributed by atoms with Crippen LogP contribution in [0.3, 0.4) is 0 Å². The van der Waals surface area contributed by atoms with Gasteiger partial charge in [0, 0.05) is 18.1 Å². The molecule has 0 saturated heterocycles. The van der Waals surface area contributed by atoms with Crippen LogP contribution in [-0.4, -0.2) is 15.3 Å². The van der Waals surface area contributed by atoms with E-state index in [1.165, 1.54) is 11.7 Å². The summed E-state index contributed by atoms with van der Waals surface area (Å²) in [7, 11) is 0. The summed E-state index contributed by atoms with van der Waals surface area (Å²) in [5.41, 5.74) is 0.938. The summed E-state index contributed by atoms with van der Waals surface area (Å²) in [5.74, 6) is 0. The van der Waals surface area contributed by atoms with Crippen LogP contribution in [0, 0.1) is 0 Å². The van der Waals surface area contributed by atoms with Crippen molar-refractivity contribution in [2.24, 2.45) is 0 Å². The zero-order chi connectivity index (χ0) is 8.10. The number of hydrogen-bond donors (Lipinski definition) is 1. The number of rotatable bonds is 4. The van der Waals surface area contributed by atoms with Gasteiger partial charge in [-0.05, 0) is 0 Å². The van der Waals surface area contributed by atoms with E-state index in [0.717, 1.165) is 5.69 Å². The zero-order valence-corrected chi connectivity index (χ0v) is 7.45. The Balaban J connectivity index is 2.19. The van der Waals surface area contributed by atoms with Gasteiger partial charge in [0.25, 0.3) is 0 Å². The largest absolute Gasteiger partial charge is 0.306 e. The molecule has 1 heterocycles. The Hall–Kier alpha value is -0.450. The van der Waals surface area contributed by atoms with Crippen LogP contribution in [0.4, 0.5) is 0 Å². The predicted molar refractivity (Wildman–Crippen MR) is 46.6 cm³/mol. The molecular weight excluding hydrogens is 182 g/mol. The lowest BCUT2D eigenvalue weighted by Crippen LogP contribution is -2.14. The zero-order valence-electron chi connectivity index (χ0n) is 5.88. The Bertz CT molecular complexity index is 222. The molecule has 0 aliphatic carbocycles. The van der Waals surface area contributed by atoms with Gasteiger partial charge in [0.2, 0.25) is 0 Å². The van der Waals surface area contributed by atoms with Crippen molar-refractivity contribution in [2.75, 3.05) is 6.54 Å². The van der Waals surface area contributed by atoms with Crippen molar-refractivity contribution < 1.29 is 0 Å². The van der Waals surface area contributed by atoms with E-state index in [9.17, 15) is 0 Å². The Morgan fingerprint density at radius 3 is 3.18 bits per heavy atom. The van der Waals surface area contributed by atoms with Gasteiger partial charge in [-0.3, -0.25) is 0 Å². The predicted octanol–water partition coefficient (Wildman–Crippen LogP) is 1.38. The van der Waals surface area contributed by atoms with Crippen LogP contribution >= 0.6 is 23.3 Å². The normalized spacial score (nSPS) is 9.91. The average Bonchev–Trinajstić information content (AvgIpc) is 2.39. The monoisotopic (exact) mass is 189 g/mol. The highest BCUT2D eigenvalue weighted by Crippen LogP contribution is 1.96. The number of halogens is 1. The highest BCUT2D eigenvalue weighted by molar-refractivity contribution is 6.99. The third-order valence-corrected chi connectivity index (χ3v) is 1.68. The van der Waals surface area contributed by atoms with Gasteiger partial charge in [-0.2, -0.15) is 8.75 Å². The fraction of sp³-hybridized carbons (Fsp3) is 0.333. The summed E-state index contributed by atoms with van der Waals surface area (Å²) < 4.78 is 7.86. The molecule has 1 aromatic rings. The van der Waals surface area contributed by atoms with Gasteiger partial charge < -0.3 is 5.32 Å². The second-order valence-corrected chi connectivity index (χ2v) is 3.11. The van der Waals surface area contributed by atoms with E-state index in [1.807, 2.05) is 0 Å². The lowest BCUT2D eigenvalue weighted by Gasteiger charge is -1.97. The second-order valence-electron chi connectivity index (χ2n) is 2.02. The number of hydrogen-bond acceptors (Lipinski definition) is 4. The Kier molecular flexibility index (Phi) is 3.48. The molecule has 1 N–H and O–H groups in total. The molecule has 11 heavy (non-hydrogen) atoms. The summed E-state index contributed by atoms with van der Waals surface area (Å²) in [6, 6.07) is 0. The van der Waals surface area contributed by atoms with Crippen molar-refractivity contribution in [2.45, 2.75) is 6.54 Å². The van der Waals surface area contributed by atoms with E-state index < -0.39 is 0 Å². The van der Waals surface area contributed by atoms with Crippen molar-refractivity contribution in [3.63, 3.8) is 0 Å². The van der Waals surface area contributed by atoms with Crippen LogP contribution in [0.2, 0.25) is 0 Å². The molecule has 0 spiro atoms. The minimum absolute atomic E-state index is 0.605. The standard InChI is InChI=1S/C6H8ClN3S/c1-5(7)2-8-3-6-4-9-11-10-6/h4,8H,1-3H2. The Morgan fingerprint density at radius 2 is 2.64 bits per heavy atom. The highest BCUT2D eigenvalue weighted by Gasteiger charge is 1.94. The third-order valence-electron chi connectivity index (χ3n) is 1.03. The molecule has 0 bridgehead atoms. The molecule has 0 unspecified atom stereocenters. The first kappa shape index (κ1) is 8.64. The van der Waals surface area contributed by atoms with E-state index in [-0.39, 0.29) is 0 Å². The lowest BCUT2D eigenvalue weighted by molar-refractivity contribution is 0.742. The topological polar surface area (TPSA) is 37.8 Å². The SMILES string of the molecule is C=C(Cl)CNCc1cnsn1. The van der Waals surface area contributed by atoms with Crippen molar-refractivity contribution in [1.29, 1.82) is 0 Å². The van der Waals surface area contributed by atoms with Gasteiger partial charge in [0.1, 0.15) is 0 Å². The molecule has 0 fully saturated rings. The van der Waals surface area contributed by atoms with Crippen LogP contribution in [-0.2, 0) is 6.54 Å².